The summed E-state index contributed by atoms with van der Waals surface area (Å²) in [6, 6.07) is 0.500. The zero-order valence-electron chi connectivity index (χ0n) is 14.2. The molecule has 1 aliphatic carbocycles. The molecule has 2 aliphatic rings. The van der Waals surface area contributed by atoms with E-state index >= 15 is 0 Å². The van der Waals surface area contributed by atoms with Crippen LogP contribution in [0.25, 0.3) is 0 Å². The molecule has 0 bridgehead atoms. The van der Waals surface area contributed by atoms with Gasteiger partial charge in [0.15, 0.2) is 0 Å². The maximum absolute atomic E-state index is 12.5. The number of carbonyl (C=O) groups excluding carboxylic acids is 1. The molecule has 2 atom stereocenters. The minimum atomic E-state index is -0.466. The van der Waals surface area contributed by atoms with E-state index in [-0.39, 0.29) is 11.5 Å². The molecule has 0 spiro atoms. The maximum Gasteiger partial charge on any atom is 0.326 e. The first-order valence-electron chi connectivity index (χ1n) is 8.64. The van der Waals surface area contributed by atoms with Crippen molar-refractivity contribution < 1.29 is 9.53 Å². The van der Waals surface area contributed by atoms with Gasteiger partial charge in [0.05, 0.1) is 6.61 Å². The lowest BCUT2D eigenvalue weighted by Gasteiger charge is -2.46. The summed E-state index contributed by atoms with van der Waals surface area (Å²) in [5.74, 6) is -0.0476. The van der Waals surface area contributed by atoms with E-state index in [1.165, 1.54) is 25.8 Å². The van der Waals surface area contributed by atoms with Crippen LogP contribution in [0.2, 0.25) is 0 Å². The highest BCUT2D eigenvalue weighted by Gasteiger charge is 2.47. The molecule has 0 aromatic carbocycles. The topological polar surface area (TPSA) is 41.6 Å². The number of hydrogen-bond donors (Lipinski definition) is 1. The average molecular weight is 296 g/mol. The molecule has 1 heterocycles. The monoisotopic (exact) mass is 296 g/mol. The van der Waals surface area contributed by atoms with E-state index in [1.807, 2.05) is 6.92 Å². The molecule has 1 aliphatic heterocycles. The van der Waals surface area contributed by atoms with Crippen LogP contribution < -0.4 is 5.32 Å². The third kappa shape index (κ3) is 3.42. The van der Waals surface area contributed by atoms with Gasteiger partial charge in [0.25, 0.3) is 0 Å². The maximum atomic E-state index is 12.5. The predicted octanol–water partition coefficient (Wildman–Crippen LogP) is 2.71. The summed E-state index contributed by atoms with van der Waals surface area (Å²) >= 11 is 0. The predicted molar refractivity (Wildman–Crippen MR) is 85.3 cm³/mol. The van der Waals surface area contributed by atoms with Crippen molar-refractivity contribution in [3.63, 3.8) is 0 Å². The van der Waals surface area contributed by atoms with Gasteiger partial charge in [-0.25, -0.2) is 0 Å². The van der Waals surface area contributed by atoms with Crippen molar-refractivity contribution in [1.29, 1.82) is 0 Å². The Morgan fingerprint density at radius 3 is 2.62 bits per heavy atom. The number of esters is 1. The highest BCUT2D eigenvalue weighted by molar-refractivity contribution is 5.81. The quantitative estimate of drug-likeness (QED) is 0.792. The summed E-state index contributed by atoms with van der Waals surface area (Å²) in [6.45, 7) is 11.1. The molecule has 0 amide bonds. The number of nitrogens with zero attached hydrogens (tertiary/aromatic N) is 1. The van der Waals surface area contributed by atoms with Crippen LogP contribution in [0.5, 0.6) is 0 Å². The van der Waals surface area contributed by atoms with Gasteiger partial charge in [-0.15, -0.1) is 0 Å². The molecule has 1 N–H and O–H groups in total. The van der Waals surface area contributed by atoms with Gasteiger partial charge in [-0.1, -0.05) is 6.92 Å². The molecule has 21 heavy (non-hydrogen) atoms. The molecule has 2 fully saturated rings. The van der Waals surface area contributed by atoms with E-state index in [1.54, 1.807) is 0 Å². The molecule has 0 aromatic rings. The average Bonchev–Trinajstić information content (AvgIpc) is 2.79. The highest BCUT2D eigenvalue weighted by Crippen LogP contribution is 2.39. The minimum absolute atomic E-state index is 0.0476. The van der Waals surface area contributed by atoms with Crippen LogP contribution in [-0.2, 0) is 9.53 Å². The molecule has 0 radical (unpaired) electrons. The van der Waals surface area contributed by atoms with E-state index in [2.05, 4.69) is 31.0 Å². The first-order chi connectivity index (χ1) is 9.95. The van der Waals surface area contributed by atoms with Gasteiger partial charge in [-0.3, -0.25) is 9.69 Å². The molecular weight excluding hydrogens is 264 g/mol. The Balaban J connectivity index is 2.14. The number of ether oxygens (including phenoxy) is 1. The van der Waals surface area contributed by atoms with Crippen LogP contribution >= 0.6 is 0 Å². The van der Waals surface area contributed by atoms with Crippen molar-refractivity contribution in [2.24, 2.45) is 0 Å². The highest BCUT2D eigenvalue weighted by atomic mass is 16.5. The number of nitrogens with one attached hydrogen (secondary N) is 1. The Bertz CT molecular complexity index is 366. The minimum Gasteiger partial charge on any atom is -0.465 e. The Labute approximate surface area is 129 Å². The molecule has 0 aromatic heterocycles. The molecule has 2 unspecified atom stereocenters. The second kappa shape index (κ2) is 6.66. The Hall–Kier alpha value is -0.610. The van der Waals surface area contributed by atoms with Crippen LogP contribution in [0.3, 0.4) is 0 Å². The van der Waals surface area contributed by atoms with Crippen molar-refractivity contribution in [2.45, 2.75) is 83.3 Å². The lowest BCUT2D eigenvalue weighted by Crippen LogP contribution is -2.60. The normalized spacial score (nSPS) is 33.0. The number of likely N-dealkylation sites (tertiary alicyclic amines) is 1. The van der Waals surface area contributed by atoms with E-state index in [0.29, 0.717) is 12.6 Å². The van der Waals surface area contributed by atoms with Gasteiger partial charge in [0.2, 0.25) is 0 Å². The van der Waals surface area contributed by atoms with Gasteiger partial charge in [0.1, 0.15) is 5.54 Å². The van der Waals surface area contributed by atoms with Crippen molar-refractivity contribution in [2.75, 3.05) is 19.7 Å². The van der Waals surface area contributed by atoms with Gasteiger partial charge < -0.3 is 10.1 Å². The number of rotatable bonds is 5. The van der Waals surface area contributed by atoms with E-state index in [0.717, 1.165) is 25.8 Å². The van der Waals surface area contributed by atoms with Crippen molar-refractivity contribution >= 4 is 5.97 Å². The van der Waals surface area contributed by atoms with Crippen LogP contribution in [0, 0.1) is 0 Å². The van der Waals surface area contributed by atoms with E-state index in [4.69, 9.17) is 4.74 Å². The fourth-order valence-electron chi connectivity index (χ4n) is 4.34. The van der Waals surface area contributed by atoms with E-state index < -0.39 is 5.54 Å². The standard InChI is InChI=1S/C17H32N2O2/c1-5-18-17(15(20)21-6-2)11-7-9-14(13-17)19-12-8-10-16(19,3)4/h14,18H,5-13H2,1-4H3. The number of carbonyl (C=O) groups is 1. The zero-order valence-corrected chi connectivity index (χ0v) is 14.2. The largest absolute Gasteiger partial charge is 0.465 e. The van der Waals surface area contributed by atoms with Crippen LogP contribution in [0.15, 0.2) is 0 Å². The third-order valence-corrected chi connectivity index (χ3v) is 5.31. The lowest BCUT2D eigenvalue weighted by molar-refractivity contribution is -0.154. The summed E-state index contributed by atoms with van der Waals surface area (Å²) in [6.07, 6.45) is 6.64. The van der Waals surface area contributed by atoms with Crippen LogP contribution in [0.4, 0.5) is 0 Å². The zero-order chi connectivity index (χ0) is 15.5. The van der Waals surface area contributed by atoms with Gasteiger partial charge in [0, 0.05) is 11.6 Å². The van der Waals surface area contributed by atoms with E-state index in [9.17, 15) is 4.79 Å². The fourth-order valence-corrected chi connectivity index (χ4v) is 4.34. The van der Waals surface area contributed by atoms with Gasteiger partial charge in [-0.2, -0.15) is 0 Å². The van der Waals surface area contributed by atoms with Crippen molar-refractivity contribution in [3.05, 3.63) is 0 Å². The van der Waals surface area contributed by atoms with Gasteiger partial charge in [-0.05, 0) is 72.4 Å². The Kier molecular flexibility index (Phi) is 5.31. The Morgan fingerprint density at radius 2 is 2.05 bits per heavy atom. The smallest absolute Gasteiger partial charge is 0.326 e. The van der Waals surface area contributed by atoms with Crippen LogP contribution in [-0.4, -0.2) is 47.7 Å². The molecule has 122 valence electrons. The third-order valence-electron chi connectivity index (χ3n) is 5.31. The molecular formula is C17H32N2O2. The molecule has 1 saturated heterocycles. The summed E-state index contributed by atoms with van der Waals surface area (Å²) in [5, 5.41) is 3.46. The molecule has 4 nitrogen and oxygen atoms in total. The van der Waals surface area contributed by atoms with Crippen molar-refractivity contribution in [3.8, 4) is 0 Å². The second-order valence-electron chi connectivity index (χ2n) is 7.19. The van der Waals surface area contributed by atoms with Crippen molar-refractivity contribution in [1.82, 2.24) is 10.2 Å². The number of hydrogen-bond acceptors (Lipinski definition) is 4. The van der Waals surface area contributed by atoms with Gasteiger partial charge >= 0.3 is 5.97 Å². The fraction of sp³-hybridized carbons (Fsp3) is 0.941. The van der Waals surface area contributed by atoms with Crippen LogP contribution in [0.1, 0.15) is 66.2 Å². The first kappa shape index (κ1) is 16.8. The first-order valence-corrected chi connectivity index (χ1v) is 8.64. The SMILES string of the molecule is CCNC1(C(=O)OCC)CCCC(N2CCCC2(C)C)C1. The number of likely N-dealkylation sites (N-methyl/N-ethyl adjacent to an activating group) is 1. The summed E-state index contributed by atoms with van der Waals surface area (Å²) in [7, 11) is 0. The second-order valence-corrected chi connectivity index (χ2v) is 7.19. The molecule has 2 rings (SSSR count). The lowest BCUT2D eigenvalue weighted by atomic mass is 9.77. The Morgan fingerprint density at radius 1 is 1.29 bits per heavy atom. The summed E-state index contributed by atoms with van der Waals surface area (Å²) < 4.78 is 5.38. The summed E-state index contributed by atoms with van der Waals surface area (Å²) in [5.41, 5.74) is -0.193. The molecule has 1 saturated carbocycles. The summed E-state index contributed by atoms with van der Waals surface area (Å²) in [4.78, 5) is 15.2. The molecule has 4 heteroatoms.